The van der Waals surface area contributed by atoms with Crippen molar-refractivity contribution >= 4 is 33.1 Å². The Bertz CT molecular complexity index is 594. The van der Waals surface area contributed by atoms with E-state index in [1.165, 1.54) is 17.0 Å². The van der Waals surface area contributed by atoms with Gasteiger partial charge in [-0.1, -0.05) is 18.2 Å². The molecule has 0 saturated heterocycles. The molecule has 1 aliphatic heterocycles. The van der Waals surface area contributed by atoms with Crippen LogP contribution in [0.2, 0.25) is 0 Å². The third kappa shape index (κ3) is 2.08. The molecule has 86 valence electrons. The molecule has 0 aliphatic carbocycles. The van der Waals surface area contributed by atoms with E-state index in [1.807, 2.05) is 37.4 Å². The summed E-state index contributed by atoms with van der Waals surface area (Å²) in [7, 11) is 1.99. The molecule has 0 atom stereocenters. The molecule has 3 rings (SSSR count). The number of carbonyl (C=O) groups excluding carboxylic acids is 1. The van der Waals surface area contributed by atoms with E-state index in [2.05, 4.69) is 4.58 Å². The molecule has 1 aromatic heterocycles. The normalized spacial score (nSPS) is 14.2. The highest BCUT2D eigenvalue weighted by atomic mass is 32.1. The predicted molar refractivity (Wildman–Crippen MR) is 68.2 cm³/mol. The number of fused-ring (bicyclic) bond motifs is 1. The Kier molecular flexibility index (Phi) is 2.44. The fourth-order valence-electron chi connectivity index (χ4n) is 1.70. The van der Waals surface area contributed by atoms with Crippen LogP contribution in [0, 0.1) is 0 Å². The largest absolute Gasteiger partial charge is 0.450 e. The van der Waals surface area contributed by atoms with Crippen LogP contribution in [-0.4, -0.2) is 36.5 Å². The average molecular weight is 246 g/mol. The van der Waals surface area contributed by atoms with E-state index in [-0.39, 0.29) is 5.97 Å². The molecule has 3 nitrogen and oxygen atoms in total. The minimum absolute atomic E-state index is 0.223. The van der Waals surface area contributed by atoms with Gasteiger partial charge in [0.05, 0.1) is 0 Å². The Labute approximate surface area is 103 Å². The summed E-state index contributed by atoms with van der Waals surface area (Å²) in [6.07, 6.45) is 0. The standard InChI is InChI=1S/C13H12NO2S/c1-14-7-10(14)8-16-13(15)12-6-9-4-2-3-5-11(9)17-12/h2-6H,7-8H2,1H3/q+1. The van der Waals surface area contributed by atoms with Gasteiger partial charge in [-0.15, -0.1) is 11.3 Å². The maximum Gasteiger partial charge on any atom is 0.348 e. The van der Waals surface area contributed by atoms with Gasteiger partial charge in [0.2, 0.25) is 6.54 Å². The number of hydrogen-bond acceptors (Lipinski definition) is 3. The van der Waals surface area contributed by atoms with Gasteiger partial charge >= 0.3 is 5.97 Å². The van der Waals surface area contributed by atoms with Crippen LogP contribution < -0.4 is 0 Å². The van der Waals surface area contributed by atoms with Crippen LogP contribution in [0.15, 0.2) is 30.3 Å². The molecule has 0 saturated carbocycles. The number of thiophene rings is 1. The molecular weight excluding hydrogens is 234 g/mol. The highest BCUT2D eigenvalue weighted by molar-refractivity contribution is 7.20. The molecule has 4 heteroatoms. The highest BCUT2D eigenvalue weighted by Gasteiger charge is 2.30. The van der Waals surface area contributed by atoms with Gasteiger partial charge in [0.25, 0.3) is 5.71 Å². The summed E-state index contributed by atoms with van der Waals surface area (Å²) in [6.45, 7) is 1.36. The molecule has 17 heavy (non-hydrogen) atoms. The lowest BCUT2D eigenvalue weighted by atomic mass is 10.2. The van der Waals surface area contributed by atoms with Gasteiger partial charge < -0.3 is 4.74 Å². The van der Waals surface area contributed by atoms with Crippen LogP contribution in [-0.2, 0) is 4.74 Å². The molecule has 0 N–H and O–H groups in total. The van der Waals surface area contributed by atoms with Crippen molar-refractivity contribution < 1.29 is 14.1 Å². The number of benzene rings is 1. The SMILES string of the molecule is C[N+]1=C(COC(=O)c2cc3ccccc3s2)C1. The fourth-order valence-corrected chi connectivity index (χ4v) is 2.65. The molecule has 0 amide bonds. The summed E-state index contributed by atoms with van der Waals surface area (Å²) in [6, 6.07) is 9.86. The van der Waals surface area contributed by atoms with Gasteiger partial charge in [-0.3, -0.25) is 0 Å². The Morgan fingerprint density at radius 1 is 1.47 bits per heavy atom. The first-order valence-corrected chi connectivity index (χ1v) is 6.27. The third-order valence-electron chi connectivity index (χ3n) is 2.85. The second kappa shape index (κ2) is 3.96. The quantitative estimate of drug-likeness (QED) is 0.613. The molecule has 1 aliphatic rings. The Balaban J connectivity index is 1.76. The average Bonchev–Trinajstić information content (AvgIpc) is 2.89. The van der Waals surface area contributed by atoms with E-state index in [9.17, 15) is 4.79 Å². The van der Waals surface area contributed by atoms with E-state index in [4.69, 9.17) is 4.74 Å². The predicted octanol–water partition coefficient (Wildman–Crippen LogP) is 2.16. The molecule has 1 aromatic carbocycles. The third-order valence-corrected chi connectivity index (χ3v) is 3.95. The lowest BCUT2D eigenvalue weighted by molar-refractivity contribution is -0.405. The van der Waals surface area contributed by atoms with Crippen LogP contribution >= 0.6 is 11.3 Å². The van der Waals surface area contributed by atoms with E-state index < -0.39 is 0 Å². The fraction of sp³-hybridized carbons (Fsp3) is 0.231. The Morgan fingerprint density at radius 3 is 2.94 bits per heavy atom. The summed E-state index contributed by atoms with van der Waals surface area (Å²) in [5.41, 5.74) is 1.18. The zero-order valence-electron chi connectivity index (χ0n) is 9.47. The first-order valence-electron chi connectivity index (χ1n) is 5.45. The van der Waals surface area contributed by atoms with E-state index >= 15 is 0 Å². The minimum Gasteiger partial charge on any atom is -0.450 e. The molecular formula is C13H12NO2S+. The molecule has 0 bridgehead atoms. The lowest BCUT2D eigenvalue weighted by Crippen LogP contribution is -2.07. The van der Waals surface area contributed by atoms with E-state index in [1.54, 1.807) is 0 Å². The second-order valence-corrected chi connectivity index (χ2v) is 5.23. The monoisotopic (exact) mass is 246 g/mol. The van der Waals surface area contributed by atoms with Gasteiger partial charge in [0, 0.05) is 4.70 Å². The van der Waals surface area contributed by atoms with Gasteiger partial charge in [-0.25, -0.2) is 9.37 Å². The maximum atomic E-state index is 11.8. The van der Waals surface area contributed by atoms with Gasteiger partial charge in [-0.05, 0) is 17.5 Å². The summed E-state index contributed by atoms with van der Waals surface area (Å²) in [5.74, 6) is -0.223. The smallest absolute Gasteiger partial charge is 0.348 e. The van der Waals surface area contributed by atoms with Crippen LogP contribution in [0.4, 0.5) is 0 Å². The van der Waals surface area contributed by atoms with E-state index in [0.29, 0.717) is 11.5 Å². The molecule has 0 radical (unpaired) electrons. The molecule has 2 aromatic rings. The molecule has 0 fully saturated rings. The second-order valence-electron chi connectivity index (χ2n) is 4.15. The molecule has 2 heterocycles. The molecule has 0 unspecified atom stereocenters. The number of nitrogens with zero attached hydrogens (tertiary/aromatic N) is 1. The summed E-state index contributed by atoms with van der Waals surface area (Å²) >= 11 is 1.48. The zero-order valence-corrected chi connectivity index (χ0v) is 10.3. The number of carbonyl (C=O) groups is 1. The van der Waals surface area contributed by atoms with Crippen LogP contribution in [0.5, 0.6) is 0 Å². The topological polar surface area (TPSA) is 29.3 Å². The maximum absolute atomic E-state index is 11.8. The number of hydrogen-bond donors (Lipinski definition) is 0. The van der Waals surface area contributed by atoms with Gasteiger partial charge in [0.15, 0.2) is 6.61 Å². The van der Waals surface area contributed by atoms with Crippen molar-refractivity contribution in [1.82, 2.24) is 0 Å². The summed E-state index contributed by atoms with van der Waals surface area (Å²) in [5, 5.41) is 1.10. The summed E-state index contributed by atoms with van der Waals surface area (Å²) < 4.78 is 8.43. The Morgan fingerprint density at radius 2 is 2.24 bits per heavy atom. The van der Waals surface area contributed by atoms with Gasteiger partial charge in [0.1, 0.15) is 11.9 Å². The van der Waals surface area contributed by atoms with Crippen molar-refractivity contribution in [3.05, 3.63) is 35.2 Å². The highest BCUT2D eigenvalue weighted by Crippen LogP contribution is 2.25. The zero-order chi connectivity index (χ0) is 11.8. The van der Waals surface area contributed by atoms with Crippen molar-refractivity contribution in [2.75, 3.05) is 20.2 Å². The van der Waals surface area contributed by atoms with E-state index in [0.717, 1.165) is 16.6 Å². The number of rotatable bonds is 3. The Hall–Kier alpha value is -1.68. The van der Waals surface area contributed by atoms with Crippen molar-refractivity contribution in [2.45, 2.75) is 0 Å². The van der Waals surface area contributed by atoms with Crippen molar-refractivity contribution in [3.8, 4) is 0 Å². The van der Waals surface area contributed by atoms with Crippen molar-refractivity contribution in [1.29, 1.82) is 0 Å². The van der Waals surface area contributed by atoms with Gasteiger partial charge in [-0.2, -0.15) is 0 Å². The summed E-state index contributed by atoms with van der Waals surface area (Å²) in [4.78, 5) is 12.5. The van der Waals surface area contributed by atoms with Crippen LogP contribution in [0.1, 0.15) is 9.67 Å². The number of esters is 1. The number of ether oxygens (including phenoxy) is 1. The first-order chi connectivity index (χ1) is 8.24. The minimum atomic E-state index is -0.223. The van der Waals surface area contributed by atoms with Crippen LogP contribution in [0.25, 0.3) is 10.1 Å². The van der Waals surface area contributed by atoms with Crippen LogP contribution in [0.3, 0.4) is 0 Å². The van der Waals surface area contributed by atoms with Crippen molar-refractivity contribution in [3.63, 3.8) is 0 Å². The van der Waals surface area contributed by atoms with Crippen molar-refractivity contribution in [2.24, 2.45) is 0 Å². The lowest BCUT2D eigenvalue weighted by Gasteiger charge is -1.95. The first kappa shape index (κ1) is 10.5. The molecule has 0 spiro atoms.